The van der Waals surface area contributed by atoms with Crippen molar-refractivity contribution in [2.45, 2.75) is 33.2 Å². The van der Waals surface area contributed by atoms with Crippen molar-refractivity contribution in [1.29, 1.82) is 0 Å². The zero-order valence-corrected chi connectivity index (χ0v) is 11.1. The van der Waals surface area contributed by atoms with Gasteiger partial charge in [-0.25, -0.2) is 4.79 Å². The van der Waals surface area contributed by atoms with Crippen LogP contribution in [-0.2, 0) is 4.79 Å². The van der Waals surface area contributed by atoms with E-state index in [0.717, 1.165) is 5.56 Å². The maximum absolute atomic E-state index is 11.7. The van der Waals surface area contributed by atoms with Gasteiger partial charge in [0.25, 0.3) is 0 Å². The molecule has 1 aromatic carbocycles. The van der Waals surface area contributed by atoms with Gasteiger partial charge in [0.2, 0.25) is 0 Å². The summed E-state index contributed by atoms with van der Waals surface area (Å²) in [7, 11) is 0. The maximum atomic E-state index is 11.7. The smallest absolute Gasteiger partial charge is 0.328 e. The molecule has 0 aromatic heterocycles. The molecule has 2 N–H and O–H groups in total. The Morgan fingerprint density at radius 3 is 2.65 bits per heavy atom. The summed E-state index contributed by atoms with van der Waals surface area (Å²) in [5.74, 6) is 0.478. The first-order valence-corrected chi connectivity index (χ1v) is 6.01. The Morgan fingerprint density at radius 1 is 1.47 bits per heavy atom. The van der Waals surface area contributed by atoms with E-state index in [1.807, 2.05) is 20.8 Å². The van der Waals surface area contributed by atoms with Crippen LogP contribution in [0.4, 0.5) is 0 Å². The van der Waals surface area contributed by atoms with Gasteiger partial charge in [0.05, 0.1) is 0 Å². The van der Waals surface area contributed by atoms with Crippen molar-refractivity contribution >= 4 is 17.6 Å². The fraction of sp³-hybridized carbons (Fsp3) is 0.462. The van der Waals surface area contributed by atoms with Crippen LogP contribution in [0, 0.1) is 12.8 Å². The van der Waals surface area contributed by atoms with Crippen molar-refractivity contribution in [3.8, 4) is 5.75 Å². The third kappa shape index (κ3) is 4.36. The lowest BCUT2D eigenvalue weighted by Crippen LogP contribution is -2.35. The molecular weight excluding hydrogens is 238 g/mol. The Labute approximate surface area is 107 Å². The number of rotatable bonds is 4. The molecule has 0 aliphatic carbocycles. The minimum absolute atomic E-state index is 0.365. The molecule has 0 radical (unpaired) electrons. The average Bonchev–Trinajstić information content (AvgIpc) is 2.21. The predicted molar refractivity (Wildman–Crippen MR) is 69.3 cm³/mol. The number of esters is 1. The van der Waals surface area contributed by atoms with E-state index in [2.05, 4.69) is 0 Å². The van der Waals surface area contributed by atoms with Gasteiger partial charge in [-0.15, -0.1) is 0 Å². The van der Waals surface area contributed by atoms with Gasteiger partial charge in [0, 0.05) is 5.02 Å². The van der Waals surface area contributed by atoms with Gasteiger partial charge in [0.15, 0.2) is 0 Å². The van der Waals surface area contributed by atoms with Gasteiger partial charge in [-0.05, 0) is 43.0 Å². The molecule has 0 saturated carbocycles. The van der Waals surface area contributed by atoms with Gasteiger partial charge in [-0.2, -0.15) is 0 Å². The highest BCUT2D eigenvalue weighted by Crippen LogP contribution is 2.22. The Morgan fingerprint density at radius 2 is 2.12 bits per heavy atom. The number of ether oxygens (including phenoxy) is 1. The Balaban J connectivity index is 2.67. The predicted octanol–water partition coefficient (Wildman–Crippen LogP) is 2.93. The number of carbonyl (C=O) groups excluding carboxylic acids is 1. The molecular formula is C13H18ClNO2. The molecule has 1 atom stereocenters. The number of carbonyl (C=O) groups is 1. The molecule has 0 bridgehead atoms. The average molecular weight is 256 g/mol. The monoisotopic (exact) mass is 255 g/mol. The first kappa shape index (κ1) is 14.0. The SMILES string of the molecule is Cc1cc(Cl)ccc1OC(=O)[C@@H](N)CC(C)C. The molecule has 0 heterocycles. The maximum Gasteiger partial charge on any atom is 0.328 e. The minimum Gasteiger partial charge on any atom is -0.425 e. The third-order valence-electron chi connectivity index (χ3n) is 2.38. The third-order valence-corrected chi connectivity index (χ3v) is 2.61. The van der Waals surface area contributed by atoms with Crippen LogP contribution in [0.15, 0.2) is 18.2 Å². The lowest BCUT2D eigenvalue weighted by Gasteiger charge is -2.14. The fourth-order valence-electron chi connectivity index (χ4n) is 1.52. The van der Waals surface area contributed by atoms with E-state index >= 15 is 0 Å². The molecule has 0 spiro atoms. The van der Waals surface area contributed by atoms with Crippen LogP contribution in [0.5, 0.6) is 5.75 Å². The lowest BCUT2D eigenvalue weighted by molar-refractivity contribution is -0.136. The molecule has 0 fully saturated rings. The van der Waals surface area contributed by atoms with Gasteiger partial charge >= 0.3 is 5.97 Å². The topological polar surface area (TPSA) is 52.3 Å². The molecule has 1 aromatic rings. The Hall–Kier alpha value is -1.06. The second-order valence-corrected chi connectivity index (χ2v) is 5.00. The quantitative estimate of drug-likeness (QED) is 0.665. The molecule has 0 unspecified atom stereocenters. The summed E-state index contributed by atoms with van der Waals surface area (Å²) >= 11 is 5.82. The number of halogens is 1. The van der Waals surface area contributed by atoms with E-state index in [1.54, 1.807) is 18.2 Å². The van der Waals surface area contributed by atoms with Gasteiger partial charge in [0.1, 0.15) is 11.8 Å². The molecule has 17 heavy (non-hydrogen) atoms. The molecule has 0 amide bonds. The zero-order chi connectivity index (χ0) is 13.0. The van der Waals surface area contributed by atoms with Crippen molar-refractivity contribution in [3.05, 3.63) is 28.8 Å². The fourth-order valence-corrected chi connectivity index (χ4v) is 1.74. The Bertz CT molecular complexity index is 404. The number of hydrogen-bond acceptors (Lipinski definition) is 3. The highest BCUT2D eigenvalue weighted by atomic mass is 35.5. The summed E-state index contributed by atoms with van der Waals surface area (Å²) in [6.45, 7) is 5.86. The number of aryl methyl sites for hydroxylation is 1. The molecule has 3 nitrogen and oxygen atoms in total. The molecule has 0 saturated heterocycles. The van der Waals surface area contributed by atoms with Gasteiger partial charge < -0.3 is 10.5 Å². The van der Waals surface area contributed by atoms with Crippen LogP contribution >= 0.6 is 11.6 Å². The summed E-state index contributed by atoms with van der Waals surface area (Å²) in [4.78, 5) is 11.7. The highest BCUT2D eigenvalue weighted by Gasteiger charge is 2.17. The molecule has 94 valence electrons. The van der Waals surface area contributed by atoms with E-state index in [-0.39, 0.29) is 0 Å². The largest absolute Gasteiger partial charge is 0.425 e. The van der Waals surface area contributed by atoms with Crippen LogP contribution in [0.3, 0.4) is 0 Å². The van der Waals surface area contributed by atoms with Gasteiger partial charge in [-0.3, -0.25) is 0 Å². The summed E-state index contributed by atoms with van der Waals surface area (Å²) in [5.41, 5.74) is 6.57. The lowest BCUT2D eigenvalue weighted by atomic mass is 10.0. The van der Waals surface area contributed by atoms with Crippen molar-refractivity contribution in [3.63, 3.8) is 0 Å². The zero-order valence-electron chi connectivity index (χ0n) is 10.4. The number of hydrogen-bond donors (Lipinski definition) is 1. The normalized spacial score (nSPS) is 12.6. The number of benzene rings is 1. The van der Waals surface area contributed by atoms with Crippen LogP contribution in [0.25, 0.3) is 0 Å². The minimum atomic E-state index is -0.579. The summed E-state index contributed by atoms with van der Waals surface area (Å²) in [6, 6.07) is 4.53. The standard InChI is InChI=1S/C13H18ClNO2/c1-8(2)6-11(15)13(16)17-12-5-4-10(14)7-9(12)3/h4-5,7-8,11H,6,15H2,1-3H3/t11-/m0/s1. The highest BCUT2D eigenvalue weighted by molar-refractivity contribution is 6.30. The molecule has 0 aliphatic rings. The first-order chi connectivity index (χ1) is 7.90. The van der Waals surface area contributed by atoms with Crippen molar-refractivity contribution in [1.82, 2.24) is 0 Å². The van der Waals surface area contributed by atoms with Crippen LogP contribution < -0.4 is 10.5 Å². The first-order valence-electron chi connectivity index (χ1n) is 5.63. The molecule has 1 rings (SSSR count). The summed E-state index contributed by atoms with van der Waals surface area (Å²) < 4.78 is 5.24. The second kappa shape index (κ2) is 6.03. The van der Waals surface area contributed by atoms with Gasteiger partial charge in [-0.1, -0.05) is 25.4 Å². The van der Waals surface area contributed by atoms with E-state index in [4.69, 9.17) is 22.1 Å². The van der Waals surface area contributed by atoms with Crippen LogP contribution in [-0.4, -0.2) is 12.0 Å². The van der Waals surface area contributed by atoms with E-state index in [0.29, 0.717) is 23.1 Å². The Kier molecular flexibility index (Phi) is 4.97. The van der Waals surface area contributed by atoms with E-state index in [1.165, 1.54) is 0 Å². The van der Waals surface area contributed by atoms with Crippen molar-refractivity contribution < 1.29 is 9.53 Å². The van der Waals surface area contributed by atoms with E-state index in [9.17, 15) is 4.79 Å². The summed E-state index contributed by atoms with van der Waals surface area (Å²) in [6.07, 6.45) is 0.617. The summed E-state index contributed by atoms with van der Waals surface area (Å²) in [5, 5.41) is 0.619. The second-order valence-electron chi connectivity index (χ2n) is 4.57. The van der Waals surface area contributed by atoms with E-state index < -0.39 is 12.0 Å². The van der Waals surface area contributed by atoms with Crippen molar-refractivity contribution in [2.24, 2.45) is 11.7 Å². The van der Waals surface area contributed by atoms with Crippen LogP contribution in [0.1, 0.15) is 25.8 Å². The van der Waals surface area contributed by atoms with Crippen LogP contribution in [0.2, 0.25) is 5.02 Å². The molecule has 4 heteroatoms. The van der Waals surface area contributed by atoms with Crippen molar-refractivity contribution in [2.75, 3.05) is 0 Å². The molecule has 0 aliphatic heterocycles. The number of nitrogens with two attached hydrogens (primary N) is 1.